The Morgan fingerprint density at radius 3 is 2.27 bits per heavy atom. The van der Waals surface area contributed by atoms with Crippen LogP contribution in [-0.2, 0) is 14.8 Å². The van der Waals surface area contributed by atoms with E-state index in [1.54, 1.807) is 18.2 Å². The minimum absolute atomic E-state index is 0.190. The second kappa shape index (κ2) is 5.78. The number of imide groups is 1. The third-order valence-electron chi connectivity index (χ3n) is 5.30. The summed E-state index contributed by atoms with van der Waals surface area (Å²) in [5, 5.41) is 4.56. The number of benzene rings is 2. The summed E-state index contributed by atoms with van der Waals surface area (Å²) in [4.78, 5) is 25.4. The van der Waals surface area contributed by atoms with Gasteiger partial charge in [-0.15, -0.1) is 0 Å². The van der Waals surface area contributed by atoms with Gasteiger partial charge in [0.25, 0.3) is 5.91 Å². The van der Waals surface area contributed by atoms with E-state index in [0.717, 1.165) is 15.7 Å². The molecule has 0 unspecified atom stereocenters. The first kappa shape index (κ1) is 17.0. The monoisotopic (exact) mass is 373 g/mol. The number of nitrogens with zero attached hydrogens (tertiary/aromatic N) is 2. The summed E-state index contributed by atoms with van der Waals surface area (Å²) in [5.41, 5.74) is -0.971. The third kappa shape index (κ3) is 2.48. The van der Waals surface area contributed by atoms with E-state index in [1.807, 2.05) is 24.3 Å². The molecule has 0 aromatic heterocycles. The molecule has 7 nitrogen and oxygen atoms in total. The van der Waals surface area contributed by atoms with Crippen molar-refractivity contribution in [3.8, 4) is 0 Å². The molecule has 2 saturated heterocycles. The van der Waals surface area contributed by atoms with Gasteiger partial charge in [0.15, 0.2) is 0 Å². The Morgan fingerprint density at radius 1 is 1.00 bits per heavy atom. The van der Waals surface area contributed by atoms with Crippen LogP contribution >= 0.6 is 0 Å². The van der Waals surface area contributed by atoms with Crippen LogP contribution in [0.1, 0.15) is 12.8 Å². The van der Waals surface area contributed by atoms with Crippen molar-refractivity contribution in [1.82, 2.24) is 14.5 Å². The maximum atomic E-state index is 13.0. The van der Waals surface area contributed by atoms with Crippen LogP contribution in [0, 0.1) is 0 Å². The van der Waals surface area contributed by atoms with E-state index in [4.69, 9.17) is 0 Å². The molecule has 2 aromatic carbocycles. The molecule has 0 radical (unpaired) electrons. The topological polar surface area (TPSA) is 86.8 Å². The first-order valence-electron chi connectivity index (χ1n) is 8.43. The number of sulfonamides is 1. The van der Waals surface area contributed by atoms with Crippen LogP contribution in [0.3, 0.4) is 0 Å². The first-order valence-corrected chi connectivity index (χ1v) is 9.87. The van der Waals surface area contributed by atoms with Gasteiger partial charge in [-0.1, -0.05) is 30.3 Å². The molecule has 0 bridgehead atoms. The van der Waals surface area contributed by atoms with Crippen molar-refractivity contribution in [3.05, 3.63) is 42.5 Å². The molecular formula is C18H19N3O4S. The maximum Gasteiger partial charge on any atom is 0.324 e. The average Bonchev–Trinajstić information content (AvgIpc) is 2.85. The van der Waals surface area contributed by atoms with Crippen LogP contribution in [0.2, 0.25) is 0 Å². The Morgan fingerprint density at radius 2 is 1.65 bits per heavy atom. The zero-order valence-electron chi connectivity index (χ0n) is 14.3. The van der Waals surface area contributed by atoms with Crippen molar-refractivity contribution in [2.45, 2.75) is 23.3 Å². The predicted molar refractivity (Wildman–Crippen MR) is 96.0 cm³/mol. The molecule has 1 N–H and O–H groups in total. The Kier molecular flexibility index (Phi) is 3.78. The van der Waals surface area contributed by atoms with Crippen molar-refractivity contribution in [3.63, 3.8) is 0 Å². The van der Waals surface area contributed by atoms with E-state index >= 15 is 0 Å². The van der Waals surface area contributed by atoms with E-state index in [9.17, 15) is 18.0 Å². The minimum Gasteiger partial charge on any atom is -0.323 e. The highest BCUT2D eigenvalue weighted by Gasteiger charge is 2.52. The van der Waals surface area contributed by atoms with Gasteiger partial charge in [-0.25, -0.2) is 13.2 Å². The lowest BCUT2D eigenvalue weighted by Crippen LogP contribution is -2.55. The van der Waals surface area contributed by atoms with Gasteiger partial charge in [0.05, 0.1) is 4.90 Å². The van der Waals surface area contributed by atoms with E-state index in [-0.39, 0.29) is 36.7 Å². The van der Waals surface area contributed by atoms with E-state index < -0.39 is 21.6 Å². The average molecular weight is 373 g/mol. The lowest BCUT2D eigenvalue weighted by Gasteiger charge is -2.36. The Labute approximate surface area is 151 Å². The fourth-order valence-corrected chi connectivity index (χ4v) is 5.16. The molecule has 4 rings (SSSR count). The van der Waals surface area contributed by atoms with Crippen molar-refractivity contribution in [1.29, 1.82) is 0 Å². The Hall–Kier alpha value is -2.45. The summed E-state index contributed by atoms with van der Waals surface area (Å²) in [7, 11) is -2.21. The van der Waals surface area contributed by atoms with Gasteiger partial charge in [0.1, 0.15) is 5.54 Å². The molecule has 0 aliphatic carbocycles. The highest BCUT2D eigenvalue weighted by atomic mass is 32.2. The summed E-state index contributed by atoms with van der Waals surface area (Å²) < 4.78 is 27.4. The van der Waals surface area contributed by atoms with Gasteiger partial charge in [0, 0.05) is 20.1 Å². The van der Waals surface area contributed by atoms with Crippen LogP contribution < -0.4 is 5.32 Å². The molecule has 8 heteroatoms. The van der Waals surface area contributed by atoms with E-state index in [0.29, 0.717) is 0 Å². The molecule has 3 amide bonds. The molecule has 0 atom stereocenters. The second-order valence-corrected chi connectivity index (χ2v) is 8.73. The zero-order chi connectivity index (χ0) is 18.5. The van der Waals surface area contributed by atoms with Crippen LogP contribution in [0.15, 0.2) is 47.4 Å². The quantitative estimate of drug-likeness (QED) is 0.809. The molecule has 136 valence electrons. The van der Waals surface area contributed by atoms with Crippen LogP contribution in [-0.4, -0.2) is 55.2 Å². The molecule has 2 aliphatic rings. The Balaban J connectivity index is 1.58. The number of amides is 3. The highest BCUT2D eigenvalue weighted by molar-refractivity contribution is 7.89. The van der Waals surface area contributed by atoms with Crippen LogP contribution in [0.4, 0.5) is 4.79 Å². The number of hydrogen-bond donors (Lipinski definition) is 1. The molecule has 0 saturated carbocycles. The predicted octanol–water partition coefficient (Wildman–Crippen LogP) is 1.54. The van der Waals surface area contributed by atoms with Crippen LogP contribution in [0.5, 0.6) is 0 Å². The number of urea groups is 1. The lowest BCUT2D eigenvalue weighted by molar-refractivity contribution is -0.131. The highest BCUT2D eigenvalue weighted by Crippen LogP contribution is 2.32. The van der Waals surface area contributed by atoms with Gasteiger partial charge >= 0.3 is 6.03 Å². The number of rotatable bonds is 2. The molecule has 1 spiro atoms. The summed E-state index contributed by atoms with van der Waals surface area (Å²) in [5.74, 6) is -0.287. The van der Waals surface area contributed by atoms with Crippen molar-refractivity contribution >= 4 is 32.7 Å². The number of fused-ring (bicyclic) bond motifs is 1. The van der Waals surface area contributed by atoms with Crippen molar-refractivity contribution in [2.75, 3.05) is 20.1 Å². The molecule has 2 aromatic rings. The number of carbonyl (C=O) groups excluding carboxylic acids is 2. The number of likely N-dealkylation sites (N-methyl/N-ethyl adjacent to an activating group) is 1. The lowest BCUT2D eigenvalue weighted by atomic mass is 9.88. The summed E-state index contributed by atoms with van der Waals surface area (Å²) >= 11 is 0. The SMILES string of the molecule is CN1C(=O)NC2(CCN(S(=O)(=O)c3ccc4ccccc4c3)CC2)C1=O. The normalized spacial score (nSPS) is 20.7. The number of nitrogens with one attached hydrogen (secondary N) is 1. The van der Waals surface area contributed by atoms with Crippen molar-refractivity contribution < 1.29 is 18.0 Å². The minimum atomic E-state index is -3.65. The maximum absolute atomic E-state index is 13.0. The smallest absolute Gasteiger partial charge is 0.323 e. The van der Waals surface area contributed by atoms with Gasteiger partial charge in [-0.05, 0) is 35.7 Å². The van der Waals surface area contributed by atoms with Gasteiger partial charge in [-0.3, -0.25) is 9.69 Å². The fraction of sp³-hybridized carbons (Fsp3) is 0.333. The zero-order valence-corrected chi connectivity index (χ0v) is 15.1. The summed E-state index contributed by atoms with van der Waals surface area (Å²) in [6.07, 6.45) is 0.545. The standard InChI is InChI=1S/C18H19N3O4S/c1-20-16(22)18(19-17(20)23)8-10-21(11-9-18)26(24,25)15-7-6-13-4-2-3-5-14(13)12-15/h2-7,12H,8-11H2,1H3,(H,19,23). The number of piperidine rings is 1. The van der Waals surface area contributed by atoms with Gasteiger partial charge < -0.3 is 5.32 Å². The van der Waals surface area contributed by atoms with E-state index in [1.165, 1.54) is 11.4 Å². The van der Waals surface area contributed by atoms with Gasteiger partial charge in [-0.2, -0.15) is 4.31 Å². The summed E-state index contributed by atoms with van der Waals surface area (Å²) in [6.45, 7) is 0.379. The number of hydrogen-bond acceptors (Lipinski definition) is 4. The van der Waals surface area contributed by atoms with Crippen LogP contribution in [0.25, 0.3) is 10.8 Å². The number of carbonyl (C=O) groups is 2. The molecular weight excluding hydrogens is 354 g/mol. The first-order chi connectivity index (χ1) is 12.3. The van der Waals surface area contributed by atoms with Crippen molar-refractivity contribution in [2.24, 2.45) is 0 Å². The van der Waals surface area contributed by atoms with Gasteiger partial charge in [0.2, 0.25) is 10.0 Å². The molecule has 2 aliphatic heterocycles. The summed E-state index contributed by atoms with van der Waals surface area (Å²) in [6, 6.07) is 12.2. The second-order valence-electron chi connectivity index (χ2n) is 6.79. The molecule has 2 fully saturated rings. The third-order valence-corrected chi connectivity index (χ3v) is 7.19. The molecule has 26 heavy (non-hydrogen) atoms. The largest absolute Gasteiger partial charge is 0.324 e. The Bertz CT molecular complexity index is 1010. The molecule has 2 heterocycles. The fourth-order valence-electron chi connectivity index (χ4n) is 3.68. The van der Waals surface area contributed by atoms with E-state index in [2.05, 4.69) is 5.32 Å².